The standard InChI is InChI=1S/C51H83N11O19/c1-4-26(2)14-9-7-5-6-8-10-15-28-24-34(66)57-35(27(3)64)47(75)61-22-13-18-32(61)46(74)60-21-12-17-31(60)42(70)55-29(16-11-20-54-51(52)53)41(69)58-36(39(67)48(76)77)43(71)56-30(25-63)45(73)62-23-19-33(65)38(62)44(72)59-37(50(80)81-28)40(68)49(78)79/h26-33,35-40,63-65,67-68H,4-25H2,1-3H3,(H,55,70)(H,56,71)(H,57,66)(H,58,69)(H,59,72)(H,76,77)(H,78,79)(H4,52,53,54)/t26?,27-,28-,29+,30+,31+,32-,33+,35-,36-,37+,38+,39-,40+/m1/s1. The van der Waals surface area contributed by atoms with Crippen molar-refractivity contribution in [1.82, 2.24) is 41.3 Å². The lowest BCUT2D eigenvalue weighted by Gasteiger charge is -2.34. The normalized spacial score (nSPS) is 28.5. The van der Waals surface area contributed by atoms with Crippen molar-refractivity contribution in [3.8, 4) is 0 Å². The number of rotatable bonds is 20. The molecule has 81 heavy (non-hydrogen) atoms. The molecule has 4 aliphatic heterocycles. The van der Waals surface area contributed by atoms with Crippen molar-refractivity contribution >= 4 is 71.1 Å². The minimum Gasteiger partial charge on any atom is -0.479 e. The number of nitrogens with two attached hydrogens (primary N) is 2. The van der Waals surface area contributed by atoms with Crippen LogP contribution in [0.15, 0.2) is 4.99 Å². The number of hydrogen-bond donors (Lipinski definition) is 14. The number of nitrogens with zero attached hydrogens (tertiary/aromatic N) is 4. The van der Waals surface area contributed by atoms with Crippen LogP contribution < -0.4 is 38.1 Å². The van der Waals surface area contributed by atoms with Gasteiger partial charge in [-0.3, -0.25) is 43.3 Å². The number of aliphatic hydroxyl groups is 5. The maximum Gasteiger partial charge on any atom is 0.335 e. The lowest BCUT2D eigenvalue weighted by Crippen LogP contribution is -2.64. The van der Waals surface area contributed by atoms with Gasteiger partial charge in [-0.2, -0.15) is 0 Å². The Morgan fingerprint density at radius 1 is 0.642 bits per heavy atom. The van der Waals surface area contributed by atoms with Gasteiger partial charge in [-0.05, 0) is 70.6 Å². The summed E-state index contributed by atoms with van der Waals surface area (Å²) in [5.74, 6) is -14.5. The van der Waals surface area contributed by atoms with E-state index in [0.717, 1.165) is 43.4 Å². The first-order chi connectivity index (χ1) is 38.3. The minimum absolute atomic E-state index is 0.00861. The van der Waals surface area contributed by atoms with Crippen LogP contribution in [-0.2, 0) is 57.5 Å². The van der Waals surface area contributed by atoms with Gasteiger partial charge >= 0.3 is 17.9 Å². The SMILES string of the molecule is CCC(C)CCCCCCCC[C@@H]1CC(=O)N[C@H]([C@@H](C)O)C(=O)N2CCC[C@@H]2C(=O)N2CCC[C@H]2C(=O)N[C@@H](CCCN=C(N)N)C(=O)N[C@H]([C@@H](O)C(=O)O)C(=O)N[C@@H](CO)C(=O)N2CC[C@H](O)[C@H]2C(=O)N[C@@H]([C@H](O)C(=O)O)C(=O)O1. The van der Waals surface area contributed by atoms with E-state index in [9.17, 15) is 88.5 Å². The summed E-state index contributed by atoms with van der Waals surface area (Å²) in [6.45, 7) is 3.60. The number of cyclic esters (lactones) is 1. The zero-order chi connectivity index (χ0) is 60.2. The van der Waals surface area contributed by atoms with Crippen LogP contribution in [0.4, 0.5) is 0 Å². The molecule has 0 radical (unpaired) electrons. The number of aliphatic hydroxyl groups excluding tert-OH is 5. The van der Waals surface area contributed by atoms with Gasteiger partial charge in [0.2, 0.25) is 47.3 Å². The van der Waals surface area contributed by atoms with Crippen molar-refractivity contribution in [3.63, 3.8) is 0 Å². The molecule has 4 aliphatic rings. The summed E-state index contributed by atoms with van der Waals surface area (Å²) >= 11 is 0. The molecule has 0 aromatic carbocycles. The maximum absolute atomic E-state index is 14.5. The second kappa shape index (κ2) is 32.0. The molecule has 0 aromatic rings. The highest BCUT2D eigenvalue weighted by Crippen LogP contribution is 2.27. The third-order valence-corrected chi connectivity index (χ3v) is 15.2. The Labute approximate surface area is 468 Å². The molecule has 8 amide bonds. The lowest BCUT2D eigenvalue weighted by molar-refractivity contribution is -0.165. The van der Waals surface area contributed by atoms with Gasteiger partial charge < -0.3 is 93.2 Å². The van der Waals surface area contributed by atoms with Crippen LogP contribution in [0, 0.1) is 5.92 Å². The zero-order valence-electron chi connectivity index (χ0n) is 46.1. The molecule has 1 unspecified atom stereocenters. The van der Waals surface area contributed by atoms with Gasteiger partial charge in [0.1, 0.15) is 48.4 Å². The quantitative estimate of drug-likeness (QED) is 0.0235. The number of ether oxygens (including phenoxy) is 1. The molecule has 0 aromatic heterocycles. The summed E-state index contributed by atoms with van der Waals surface area (Å²) in [5.41, 5.74) is 10.9. The zero-order valence-corrected chi connectivity index (χ0v) is 46.1. The summed E-state index contributed by atoms with van der Waals surface area (Å²) in [7, 11) is 0. The number of carboxylic acids is 2. The van der Waals surface area contributed by atoms with Crippen LogP contribution >= 0.6 is 0 Å². The molecule has 0 spiro atoms. The molecular formula is C51H83N11O19. The molecule has 4 heterocycles. The first-order valence-electron chi connectivity index (χ1n) is 27.8. The molecule has 456 valence electrons. The van der Waals surface area contributed by atoms with E-state index >= 15 is 0 Å². The van der Waals surface area contributed by atoms with Gasteiger partial charge in [-0.25, -0.2) is 14.4 Å². The highest BCUT2D eigenvalue weighted by atomic mass is 16.5. The maximum atomic E-state index is 14.5. The number of amides is 8. The van der Waals surface area contributed by atoms with E-state index in [1.807, 2.05) is 10.6 Å². The fraction of sp³-hybridized carbons (Fsp3) is 0.765. The van der Waals surface area contributed by atoms with E-state index in [4.69, 9.17) is 16.2 Å². The Balaban J connectivity index is 1.78. The van der Waals surface area contributed by atoms with Crippen molar-refractivity contribution in [3.05, 3.63) is 0 Å². The van der Waals surface area contributed by atoms with E-state index in [2.05, 4.69) is 34.8 Å². The van der Waals surface area contributed by atoms with Gasteiger partial charge in [-0.1, -0.05) is 58.8 Å². The van der Waals surface area contributed by atoms with E-state index in [1.54, 1.807) is 0 Å². The summed E-state index contributed by atoms with van der Waals surface area (Å²) < 4.78 is 5.66. The van der Waals surface area contributed by atoms with Crippen LogP contribution in [0.5, 0.6) is 0 Å². The number of esters is 1. The fourth-order valence-corrected chi connectivity index (χ4v) is 10.4. The molecule has 30 nitrogen and oxygen atoms in total. The van der Waals surface area contributed by atoms with Gasteiger partial charge in [-0.15, -0.1) is 0 Å². The van der Waals surface area contributed by atoms with E-state index < -0.39 is 164 Å². The van der Waals surface area contributed by atoms with Crippen LogP contribution in [0.3, 0.4) is 0 Å². The summed E-state index contributed by atoms with van der Waals surface area (Å²) in [6, 6.07) is -14.9. The largest absolute Gasteiger partial charge is 0.479 e. The molecule has 16 N–H and O–H groups in total. The topological polar surface area (TPSA) is 473 Å². The van der Waals surface area contributed by atoms with Crippen LogP contribution in [0.25, 0.3) is 0 Å². The van der Waals surface area contributed by atoms with Crippen molar-refractivity contribution in [2.24, 2.45) is 22.4 Å². The Morgan fingerprint density at radius 2 is 1.22 bits per heavy atom. The van der Waals surface area contributed by atoms with E-state index in [0.29, 0.717) is 23.7 Å². The molecule has 0 saturated carbocycles. The first-order valence-corrected chi connectivity index (χ1v) is 27.8. The van der Waals surface area contributed by atoms with Crippen LogP contribution in [0.2, 0.25) is 0 Å². The molecule has 0 aliphatic carbocycles. The van der Waals surface area contributed by atoms with E-state index in [1.165, 1.54) is 11.8 Å². The molecule has 14 atom stereocenters. The van der Waals surface area contributed by atoms with Crippen LogP contribution in [-0.4, -0.2) is 233 Å². The smallest absolute Gasteiger partial charge is 0.335 e. The fourth-order valence-electron chi connectivity index (χ4n) is 10.4. The predicted octanol–water partition coefficient (Wildman–Crippen LogP) is -4.85. The molecule has 4 fully saturated rings. The lowest BCUT2D eigenvalue weighted by atomic mass is 9.99. The number of carbonyl (C=O) groups excluding carboxylic acids is 9. The molecule has 0 bridgehead atoms. The average Bonchev–Trinajstić information content (AvgIpc) is 4.23. The Hall–Kier alpha value is -6.76. The summed E-state index contributed by atoms with van der Waals surface area (Å²) in [5, 5.41) is 84.8. The second-order valence-corrected chi connectivity index (χ2v) is 21.3. The molecular weight excluding hydrogens is 1070 g/mol. The number of guanidine groups is 1. The first kappa shape index (κ1) is 66.7. The van der Waals surface area contributed by atoms with Gasteiger partial charge in [0.15, 0.2) is 24.2 Å². The third kappa shape index (κ3) is 18.9. The highest BCUT2D eigenvalue weighted by molar-refractivity contribution is 6.00. The average molecular weight is 1150 g/mol. The number of carbonyl (C=O) groups is 11. The van der Waals surface area contributed by atoms with Crippen molar-refractivity contribution in [1.29, 1.82) is 0 Å². The summed E-state index contributed by atoms with van der Waals surface area (Å²) in [6.07, 6.45) is -4.36. The van der Waals surface area contributed by atoms with Crippen molar-refractivity contribution in [2.75, 3.05) is 32.8 Å². The second-order valence-electron chi connectivity index (χ2n) is 21.3. The van der Waals surface area contributed by atoms with E-state index in [-0.39, 0.29) is 77.0 Å². The molecule has 4 saturated heterocycles. The number of aliphatic imine (C=N–C) groups is 1. The Kier molecular flexibility index (Phi) is 26.4. The number of fused-ring (bicyclic) bond motifs is 3. The number of nitrogens with one attached hydrogen (secondary N) is 5. The number of hydrogen-bond acceptors (Lipinski definition) is 18. The number of unbranched alkanes of at least 4 members (excludes halogenated alkanes) is 5. The van der Waals surface area contributed by atoms with Crippen molar-refractivity contribution < 1.29 is 93.2 Å². The van der Waals surface area contributed by atoms with Gasteiger partial charge in [0, 0.05) is 26.2 Å². The van der Waals surface area contributed by atoms with Crippen molar-refractivity contribution in [2.45, 2.75) is 209 Å². The van der Waals surface area contributed by atoms with Gasteiger partial charge in [0.25, 0.3) is 0 Å². The molecule has 4 rings (SSSR count). The predicted molar refractivity (Wildman–Crippen MR) is 282 cm³/mol. The monoisotopic (exact) mass is 1150 g/mol. The molecule has 30 heteroatoms. The highest BCUT2D eigenvalue weighted by Gasteiger charge is 2.48. The number of carboxylic acid groups (broad SMARTS) is 2. The minimum atomic E-state index is -2.76. The van der Waals surface area contributed by atoms with Gasteiger partial charge in [0.05, 0.1) is 25.2 Å². The Bertz CT molecular complexity index is 2270. The van der Waals surface area contributed by atoms with Crippen LogP contribution in [0.1, 0.15) is 130 Å². The third-order valence-electron chi connectivity index (χ3n) is 15.2. The summed E-state index contributed by atoms with van der Waals surface area (Å²) in [4.78, 5) is 158. The number of aliphatic carboxylic acids is 2. The Morgan fingerprint density at radius 3 is 1.83 bits per heavy atom.